The molecule has 7 nitrogen and oxygen atoms in total. The lowest BCUT2D eigenvalue weighted by atomic mass is 10.0. The molecule has 0 spiro atoms. The van der Waals surface area contributed by atoms with Crippen molar-refractivity contribution in [3.63, 3.8) is 0 Å². The first kappa shape index (κ1) is 14.6. The summed E-state index contributed by atoms with van der Waals surface area (Å²) >= 11 is 0. The van der Waals surface area contributed by atoms with E-state index in [0.717, 1.165) is 48.3 Å². The molecule has 7 heteroatoms. The first-order valence-electron chi connectivity index (χ1n) is 8.90. The third-order valence-electron chi connectivity index (χ3n) is 5.01. The van der Waals surface area contributed by atoms with Crippen molar-refractivity contribution >= 4 is 17.3 Å². The van der Waals surface area contributed by atoms with Crippen molar-refractivity contribution in [3.8, 4) is 0 Å². The van der Waals surface area contributed by atoms with Gasteiger partial charge in [0.2, 0.25) is 0 Å². The topological polar surface area (TPSA) is 71.2 Å². The molecule has 0 unspecified atom stereocenters. The van der Waals surface area contributed by atoms with Gasteiger partial charge >= 0.3 is 0 Å². The lowest BCUT2D eigenvalue weighted by molar-refractivity contribution is 0.424. The predicted molar refractivity (Wildman–Crippen MR) is 95.9 cm³/mol. The van der Waals surface area contributed by atoms with E-state index in [0.29, 0.717) is 11.8 Å². The van der Waals surface area contributed by atoms with E-state index < -0.39 is 0 Å². The van der Waals surface area contributed by atoms with Crippen LogP contribution in [0.2, 0.25) is 0 Å². The Morgan fingerprint density at radius 1 is 1.16 bits per heavy atom. The molecular formula is C18H21N7. The number of aromatic nitrogens is 5. The predicted octanol–water partition coefficient (Wildman–Crippen LogP) is 2.25. The number of hydrogen-bond donors (Lipinski definition) is 1. The van der Waals surface area contributed by atoms with Crippen LogP contribution < -0.4 is 10.2 Å². The minimum Gasteiger partial charge on any atom is -0.369 e. The number of hydrogen-bond acceptors (Lipinski definition) is 6. The standard InChI is InChI=1S/C18H21N7/c1-12-8-18(25-16(21-12)6-7-20-25)19-9-13-10-24(11-13)17-5-4-15(22-23-17)14-2-3-14/h4-8,13-14,19H,2-3,9-11H2,1H3. The van der Waals surface area contributed by atoms with Crippen LogP contribution in [0.5, 0.6) is 0 Å². The zero-order valence-electron chi connectivity index (χ0n) is 14.3. The number of nitrogens with zero attached hydrogens (tertiary/aromatic N) is 6. The monoisotopic (exact) mass is 335 g/mol. The average molecular weight is 335 g/mol. The maximum absolute atomic E-state index is 4.47. The molecule has 3 aromatic rings. The van der Waals surface area contributed by atoms with Crippen LogP contribution in [0.1, 0.15) is 30.1 Å². The van der Waals surface area contributed by atoms with Gasteiger partial charge in [-0.05, 0) is 31.9 Å². The Bertz CT molecular complexity index is 891. The SMILES string of the molecule is Cc1cc(NCC2CN(c3ccc(C4CC4)nn3)C2)n2nccc2n1. The number of aryl methyl sites for hydroxylation is 1. The van der Waals surface area contributed by atoms with E-state index in [2.05, 4.69) is 42.6 Å². The van der Waals surface area contributed by atoms with Crippen LogP contribution >= 0.6 is 0 Å². The summed E-state index contributed by atoms with van der Waals surface area (Å²) in [5.74, 6) is 3.26. The van der Waals surface area contributed by atoms with Gasteiger partial charge in [0.25, 0.3) is 0 Å². The van der Waals surface area contributed by atoms with Crippen molar-refractivity contribution in [1.29, 1.82) is 0 Å². The summed E-state index contributed by atoms with van der Waals surface area (Å²) in [4.78, 5) is 6.76. The van der Waals surface area contributed by atoms with Gasteiger partial charge in [-0.15, -0.1) is 5.10 Å². The van der Waals surface area contributed by atoms with E-state index in [1.807, 2.05) is 23.6 Å². The van der Waals surface area contributed by atoms with Crippen LogP contribution in [-0.4, -0.2) is 44.4 Å². The van der Waals surface area contributed by atoms with E-state index in [1.54, 1.807) is 6.20 Å². The molecule has 0 amide bonds. The van der Waals surface area contributed by atoms with Crippen molar-refractivity contribution in [1.82, 2.24) is 24.8 Å². The number of anilines is 2. The molecule has 0 aromatic carbocycles. The Balaban J connectivity index is 1.19. The summed E-state index contributed by atoms with van der Waals surface area (Å²) in [5, 5.41) is 16.6. The summed E-state index contributed by atoms with van der Waals surface area (Å²) in [6, 6.07) is 8.22. The molecular weight excluding hydrogens is 314 g/mol. The number of fused-ring (bicyclic) bond motifs is 1. The second-order valence-electron chi connectivity index (χ2n) is 7.13. The van der Waals surface area contributed by atoms with Crippen LogP contribution in [0.4, 0.5) is 11.6 Å². The molecule has 3 aromatic heterocycles. The van der Waals surface area contributed by atoms with Gasteiger partial charge in [-0.25, -0.2) is 4.98 Å². The molecule has 5 rings (SSSR count). The minimum absolute atomic E-state index is 0.601. The largest absolute Gasteiger partial charge is 0.369 e. The highest BCUT2D eigenvalue weighted by molar-refractivity contribution is 5.49. The first-order valence-corrected chi connectivity index (χ1v) is 8.90. The highest BCUT2D eigenvalue weighted by Crippen LogP contribution is 2.39. The molecule has 1 aliphatic heterocycles. The Labute approximate surface area is 146 Å². The smallest absolute Gasteiger partial charge is 0.157 e. The summed E-state index contributed by atoms with van der Waals surface area (Å²) in [5.41, 5.74) is 3.03. The van der Waals surface area contributed by atoms with Gasteiger partial charge in [0.1, 0.15) is 5.82 Å². The van der Waals surface area contributed by atoms with Crippen LogP contribution in [0.25, 0.3) is 5.65 Å². The third kappa shape index (κ3) is 2.79. The Kier molecular flexibility index (Phi) is 3.33. The maximum atomic E-state index is 4.47. The lowest BCUT2D eigenvalue weighted by Crippen LogP contribution is -2.50. The Morgan fingerprint density at radius 3 is 2.80 bits per heavy atom. The second-order valence-corrected chi connectivity index (χ2v) is 7.13. The highest BCUT2D eigenvalue weighted by atomic mass is 15.3. The fourth-order valence-corrected chi connectivity index (χ4v) is 3.40. The molecule has 1 aliphatic carbocycles. The van der Waals surface area contributed by atoms with E-state index in [1.165, 1.54) is 12.8 Å². The lowest BCUT2D eigenvalue weighted by Gasteiger charge is -2.40. The van der Waals surface area contributed by atoms with Crippen LogP contribution in [0, 0.1) is 12.8 Å². The fourth-order valence-electron chi connectivity index (χ4n) is 3.40. The molecule has 0 radical (unpaired) electrons. The van der Waals surface area contributed by atoms with Gasteiger partial charge in [-0.2, -0.15) is 14.7 Å². The van der Waals surface area contributed by atoms with E-state index in [4.69, 9.17) is 0 Å². The Morgan fingerprint density at radius 2 is 2.04 bits per heavy atom. The van der Waals surface area contributed by atoms with Gasteiger partial charge in [0.05, 0.1) is 11.9 Å². The zero-order valence-corrected chi connectivity index (χ0v) is 14.3. The molecule has 2 fully saturated rings. The van der Waals surface area contributed by atoms with Crippen molar-refractivity contribution < 1.29 is 0 Å². The van der Waals surface area contributed by atoms with Crippen LogP contribution in [-0.2, 0) is 0 Å². The molecule has 0 atom stereocenters. The van der Waals surface area contributed by atoms with E-state index >= 15 is 0 Å². The third-order valence-corrected chi connectivity index (χ3v) is 5.01. The van der Waals surface area contributed by atoms with Gasteiger partial charge in [-0.1, -0.05) is 0 Å². The van der Waals surface area contributed by atoms with Crippen molar-refractivity contribution in [2.75, 3.05) is 29.9 Å². The fraction of sp³-hybridized carbons (Fsp3) is 0.444. The minimum atomic E-state index is 0.601. The molecule has 25 heavy (non-hydrogen) atoms. The van der Waals surface area contributed by atoms with Crippen molar-refractivity contribution in [2.45, 2.75) is 25.7 Å². The summed E-state index contributed by atoms with van der Waals surface area (Å²) < 4.78 is 1.85. The molecule has 0 bridgehead atoms. The summed E-state index contributed by atoms with van der Waals surface area (Å²) in [6.45, 7) is 4.95. The zero-order chi connectivity index (χ0) is 16.8. The van der Waals surface area contributed by atoms with Crippen molar-refractivity contribution in [3.05, 3.63) is 41.9 Å². The van der Waals surface area contributed by atoms with Gasteiger partial charge in [-0.3, -0.25) is 0 Å². The quantitative estimate of drug-likeness (QED) is 0.771. The molecule has 1 N–H and O–H groups in total. The first-order chi connectivity index (χ1) is 12.3. The summed E-state index contributed by atoms with van der Waals surface area (Å²) in [6.07, 6.45) is 4.31. The highest BCUT2D eigenvalue weighted by Gasteiger charge is 2.29. The maximum Gasteiger partial charge on any atom is 0.157 e. The molecule has 1 saturated heterocycles. The molecule has 1 saturated carbocycles. The van der Waals surface area contributed by atoms with Gasteiger partial charge in [0, 0.05) is 49.3 Å². The normalized spacial score (nSPS) is 17.7. The van der Waals surface area contributed by atoms with Gasteiger partial charge < -0.3 is 10.2 Å². The Hall–Kier alpha value is -2.70. The van der Waals surface area contributed by atoms with Crippen molar-refractivity contribution in [2.24, 2.45) is 5.92 Å². The molecule has 4 heterocycles. The van der Waals surface area contributed by atoms with E-state index in [-0.39, 0.29) is 0 Å². The van der Waals surface area contributed by atoms with Crippen LogP contribution in [0.3, 0.4) is 0 Å². The summed E-state index contributed by atoms with van der Waals surface area (Å²) in [7, 11) is 0. The molecule has 128 valence electrons. The molecule has 2 aliphatic rings. The number of rotatable bonds is 5. The second kappa shape index (κ2) is 5.68. The number of nitrogens with one attached hydrogen (secondary N) is 1. The average Bonchev–Trinajstić information content (AvgIpc) is 3.32. The van der Waals surface area contributed by atoms with Crippen LogP contribution in [0.15, 0.2) is 30.5 Å². The van der Waals surface area contributed by atoms with Gasteiger partial charge in [0.15, 0.2) is 11.5 Å². The van der Waals surface area contributed by atoms with E-state index in [9.17, 15) is 0 Å².